The number of hydrogen-bond acceptors (Lipinski definition) is 4. The van der Waals surface area contributed by atoms with Crippen molar-refractivity contribution in [2.24, 2.45) is 0 Å². The summed E-state index contributed by atoms with van der Waals surface area (Å²) < 4.78 is 5.18. The maximum absolute atomic E-state index is 11.2. The lowest BCUT2D eigenvalue weighted by atomic mass is 10.0. The summed E-state index contributed by atoms with van der Waals surface area (Å²) in [6, 6.07) is 6.67. The van der Waals surface area contributed by atoms with E-state index in [0.717, 1.165) is 10.8 Å². The van der Waals surface area contributed by atoms with Crippen molar-refractivity contribution >= 4 is 16.7 Å². The van der Waals surface area contributed by atoms with Gasteiger partial charge in [0.25, 0.3) is 0 Å². The third kappa shape index (κ3) is 2.00. The molecule has 5 nitrogen and oxygen atoms in total. The van der Waals surface area contributed by atoms with Crippen LogP contribution in [0.1, 0.15) is 11.6 Å². The van der Waals surface area contributed by atoms with Crippen molar-refractivity contribution in [1.29, 1.82) is 0 Å². The highest BCUT2D eigenvalue weighted by Gasteiger charge is 2.21. The fraction of sp³-hybridized carbons (Fsp3) is 0.231. The molecule has 2 aromatic rings. The molecule has 0 aliphatic carbocycles. The van der Waals surface area contributed by atoms with E-state index in [0.29, 0.717) is 11.4 Å². The molecular weight excluding hydrogens is 232 g/mol. The number of carboxylic acids is 1. The number of pyridine rings is 1. The normalized spacial score (nSPS) is 12.3. The molecule has 18 heavy (non-hydrogen) atoms. The first-order valence-electron chi connectivity index (χ1n) is 5.50. The van der Waals surface area contributed by atoms with Gasteiger partial charge >= 0.3 is 5.97 Å². The van der Waals surface area contributed by atoms with Crippen LogP contribution < -0.4 is 10.1 Å². The van der Waals surface area contributed by atoms with E-state index in [2.05, 4.69) is 10.3 Å². The average Bonchev–Trinajstić information content (AvgIpc) is 2.39. The van der Waals surface area contributed by atoms with Gasteiger partial charge in [0.1, 0.15) is 6.04 Å². The minimum absolute atomic E-state index is 0.495. The number of fused-ring (bicyclic) bond motifs is 1. The number of carbonyl (C=O) groups is 1. The molecule has 1 unspecified atom stereocenters. The minimum Gasteiger partial charge on any atom is -0.481 e. The molecular formula is C13H14N2O3. The van der Waals surface area contributed by atoms with Crippen LogP contribution in [0.2, 0.25) is 0 Å². The summed E-state index contributed by atoms with van der Waals surface area (Å²) in [5.41, 5.74) is 0.626. The van der Waals surface area contributed by atoms with Gasteiger partial charge in [-0.05, 0) is 18.5 Å². The molecule has 0 fully saturated rings. The molecule has 0 bridgehead atoms. The van der Waals surface area contributed by atoms with Gasteiger partial charge < -0.3 is 15.2 Å². The van der Waals surface area contributed by atoms with Crippen molar-refractivity contribution < 1.29 is 14.6 Å². The van der Waals surface area contributed by atoms with Crippen molar-refractivity contribution in [3.05, 3.63) is 36.0 Å². The number of rotatable bonds is 4. The zero-order chi connectivity index (χ0) is 13.1. The first-order valence-corrected chi connectivity index (χ1v) is 5.50. The molecule has 94 valence electrons. The van der Waals surface area contributed by atoms with Crippen molar-refractivity contribution in [1.82, 2.24) is 10.3 Å². The number of nitrogens with zero attached hydrogens (tertiary/aromatic N) is 1. The third-order valence-electron chi connectivity index (χ3n) is 2.83. The molecule has 0 amide bonds. The summed E-state index contributed by atoms with van der Waals surface area (Å²) in [6.45, 7) is 0. The van der Waals surface area contributed by atoms with Crippen LogP contribution in [-0.4, -0.2) is 30.2 Å². The largest absolute Gasteiger partial charge is 0.481 e. The molecule has 2 rings (SSSR count). The predicted molar refractivity (Wildman–Crippen MR) is 67.7 cm³/mol. The van der Waals surface area contributed by atoms with Crippen molar-refractivity contribution in [2.75, 3.05) is 14.2 Å². The first-order chi connectivity index (χ1) is 8.69. The van der Waals surface area contributed by atoms with E-state index in [1.54, 1.807) is 14.2 Å². The third-order valence-corrected chi connectivity index (χ3v) is 2.83. The number of aliphatic carboxylic acids is 1. The summed E-state index contributed by atoms with van der Waals surface area (Å²) in [6.07, 6.45) is 1.54. The molecule has 2 N–H and O–H groups in total. The average molecular weight is 246 g/mol. The molecule has 1 aromatic carbocycles. The van der Waals surface area contributed by atoms with E-state index in [1.807, 2.05) is 24.3 Å². The first kappa shape index (κ1) is 12.3. The van der Waals surface area contributed by atoms with Crippen molar-refractivity contribution in [3.63, 3.8) is 0 Å². The van der Waals surface area contributed by atoms with Gasteiger partial charge in [-0.3, -0.25) is 4.79 Å². The zero-order valence-electron chi connectivity index (χ0n) is 10.2. The molecule has 5 heteroatoms. The topological polar surface area (TPSA) is 71.5 Å². The van der Waals surface area contributed by atoms with Crippen LogP contribution >= 0.6 is 0 Å². The summed E-state index contributed by atoms with van der Waals surface area (Å²) in [7, 11) is 3.15. The van der Waals surface area contributed by atoms with Gasteiger partial charge in [-0.25, -0.2) is 4.98 Å². The Kier molecular flexibility index (Phi) is 3.43. The van der Waals surface area contributed by atoms with E-state index in [1.165, 1.54) is 6.20 Å². The van der Waals surface area contributed by atoms with Gasteiger partial charge in [0, 0.05) is 17.1 Å². The highest BCUT2D eigenvalue weighted by Crippen LogP contribution is 2.29. The van der Waals surface area contributed by atoms with Gasteiger partial charge in [0.15, 0.2) is 0 Å². The standard InChI is InChI=1S/C13H14N2O3/c1-14-11(13(16)17)10-7-15-12(18-2)9-6-4-3-5-8(9)10/h3-7,11,14H,1-2H3,(H,16,17). The maximum atomic E-state index is 11.2. The fourth-order valence-corrected chi connectivity index (χ4v) is 1.99. The Morgan fingerprint density at radius 3 is 2.61 bits per heavy atom. The number of nitrogens with one attached hydrogen (secondary N) is 1. The van der Waals surface area contributed by atoms with E-state index >= 15 is 0 Å². The highest BCUT2D eigenvalue weighted by atomic mass is 16.5. The Balaban J connectivity index is 2.69. The number of hydrogen-bond donors (Lipinski definition) is 2. The summed E-state index contributed by atoms with van der Waals surface area (Å²) in [5.74, 6) is -0.441. The molecule has 0 aliphatic heterocycles. The number of aromatic nitrogens is 1. The monoisotopic (exact) mass is 246 g/mol. The van der Waals surface area contributed by atoms with E-state index in [4.69, 9.17) is 4.74 Å². The van der Waals surface area contributed by atoms with E-state index in [9.17, 15) is 9.90 Å². The van der Waals surface area contributed by atoms with Crippen molar-refractivity contribution in [2.45, 2.75) is 6.04 Å². The van der Waals surface area contributed by atoms with Gasteiger partial charge in [-0.1, -0.05) is 18.2 Å². The van der Waals surface area contributed by atoms with Gasteiger partial charge in [-0.2, -0.15) is 0 Å². The van der Waals surface area contributed by atoms with Crippen LogP contribution in [0.3, 0.4) is 0 Å². The van der Waals surface area contributed by atoms with Gasteiger partial charge in [-0.15, -0.1) is 0 Å². The molecule has 1 heterocycles. The van der Waals surface area contributed by atoms with E-state index in [-0.39, 0.29) is 0 Å². The van der Waals surface area contributed by atoms with Crippen LogP contribution in [0.4, 0.5) is 0 Å². The number of ether oxygens (including phenoxy) is 1. The number of likely N-dealkylation sites (N-methyl/N-ethyl adjacent to an activating group) is 1. The maximum Gasteiger partial charge on any atom is 0.325 e. The fourth-order valence-electron chi connectivity index (χ4n) is 1.99. The smallest absolute Gasteiger partial charge is 0.325 e. The summed E-state index contributed by atoms with van der Waals surface area (Å²) in [4.78, 5) is 15.4. The highest BCUT2D eigenvalue weighted by molar-refractivity contribution is 5.93. The lowest BCUT2D eigenvalue weighted by molar-refractivity contribution is -0.139. The second-order valence-electron chi connectivity index (χ2n) is 3.83. The molecule has 0 saturated carbocycles. The second-order valence-corrected chi connectivity index (χ2v) is 3.83. The lowest BCUT2D eigenvalue weighted by Crippen LogP contribution is -2.25. The van der Waals surface area contributed by atoms with Crippen LogP contribution in [0.5, 0.6) is 5.88 Å². The lowest BCUT2D eigenvalue weighted by Gasteiger charge is -2.15. The van der Waals surface area contributed by atoms with Crippen LogP contribution in [0.15, 0.2) is 30.5 Å². The Morgan fingerprint density at radius 2 is 2.06 bits per heavy atom. The SMILES string of the molecule is CNC(C(=O)O)c1cnc(OC)c2ccccc12. The Hall–Kier alpha value is -2.14. The van der Waals surface area contributed by atoms with Gasteiger partial charge in [0.2, 0.25) is 5.88 Å². The van der Waals surface area contributed by atoms with Crippen LogP contribution in [-0.2, 0) is 4.79 Å². The van der Waals surface area contributed by atoms with Crippen molar-refractivity contribution in [3.8, 4) is 5.88 Å². The zero-order valence-corrected chi connectivity index (χ0v) is 10.2. The number of benzene rings is 1. The quantitative estimate of drug-likeness (QED) is 0.857. The second kappa shape index (κ2) is 5.01. The molecule has 1 aromatic heterocycles. The Labute approximate surface area is 104 Å². The Bertz CT molecular complexity index is 583. The Morgan fingerprint density at radius 1 is 1.39 bits per heavy atom. The molecule has 0 spiro atoms. The molecule has 0 aliphatic rings. The summed E-state index contributed by atoms with van der Waals surface area (Å²) >= 11 is 0. The van der Waals surface area contributed by atoms with Gasteiger partial charge in [0.05, 0.1) is 7.11 Å². The molecule has 1 atom stereocenters. The number of methoxy groups -OCH3 is 1. The van der Waals surface area contributed by atoms with E-state index < -0.39 is 12.0 Å². The minimum atomic E-state index is -0.936. The molecule has 0 radical (unpaired) electrons. The molecule has 0 saturated heterocycles. The van der Waals surface area contributed by atoms with Crippen LogP contribution in [0.25, 0.3) is 10.8 Å². The summed E-state index contributed by atoms with van der Waals surface area (Å²) in [5, 5.41) is 13.6. The van der Waals surface area contributed by atoms with Crippen LogP contribution in [0, 0.1) is 0 Å². The number of carboxylic acid groups (broad SMARTS) is 1. The predicted octanol–water partition coefficient (Wildman–Crippen LogP) is 1.59.